The molecule has 1 aromatic rings. The van der Waals surface area contributed by atoms with Crippen LogP contribution in [0.4, 0.5) is 0 Å². The molecule has 1 aliphatic carbocycles. The van der Waals surface area contributed by atoms with Crippen molar-refractivity contribution in [3.05, 3.63) is 35.9 Å². The number of aliphatic hydroxyl groups is 1. The van der Waals surface area contributed by atoms with Crippen LogP contribution in [0.3, 0.4) is 0 Å². The molecule has 1 atom stereocenters. The molecule has 0 radical (unpaired) electrons. The molecule has 0 aromatic heterocycles. The largest absolute Gasteiger partial charge is 0.390 e. The Labute approximate surface area is 108 Å². The van der Waals surface area contributed by atoms with Crippen molar-refractivity contribution in [3.63, 3.8) is 0 Å². The lowest BCUT2D eigenvalue weighted by atomic mass is 10.1. The summed E-state index contributed by atoms with van der Waals surface area (Å²) in [5, 5.41) is 9.96. The van der Waals surface area contributed by atoms with E-state index in [9.17, 15) is 5.11 Å². The van der Waals surface area contributed by atoms with Crippen molar-refractivity contribution >= 4 is 0 Å². The zero-order valence-corrected chi connectivity index (χ0v) is 10.7. The standard InChI is InChI=1S/C15H21NO2/c17-15(6-7-15)10-14-12-16(8-9-18-14)11-13-4-2-1-3-5-13/h1-5,14,17H,6-12H2. The van der Waals surface area contributed by atoms with Crippen LogP contribution < -0.4 is 0 Å². The van der Waals surface area contributed by atoms with Crippen LogP contribution in [0, 0.1) is 0 Å². The van der Waals surface area contributed by atoms with Gasteiger partial charge in [-0.25, -0.2) is 0 Å². The maximum absolute atomic E-state index is 9.96. The number of benzene rings is 1. The summed E-state index contributed by atoms with van der Waals surface area (Å²) in [6.45, 7) is 3.70. The first-order valence-corrected chi connectivity index (χ1v) is 6.84. The van der Waals surface area contributed by atoms with Crippen molar-refractivity contribution in [2.75, 3.05) is 19.7 Å². The van der Waals surface area contributed by atoms with Gasteiger partial charge in [0.15, 0.2) is 0 Å². The monoisotopic (exact) mass is 247 g/mol. The third-order valence-corrected chi connectivity index (χ3v) is 3.91. The molecule has 1 unspecified atom stereocenters. The van der Waals surface area contributed by atoms with Crippen LogP contribution in [-0.4, -0.2) is 41.4 Å². The Morgan fingerprint density at radius 3 is 2.78 bits per heavy atom. The third-order valence-electron chi connectivity index (χ3n) is 3.91. The number of rotatable bonds is 4. The molecule has 1 aromatic carbocycles. The van der Waals surface area contributed by atoms with Gasteiger partial charge < -0.3 is 9.84 Å². The predicted molar refractivity (Wildman–Crippen MR) is 70.3 cm³/mol. The van der Waals surface area contributed by atoms with E-state index in [1.54, 1.807) is 0 Å². The average molecular weight is 247 g/mol. The number of morpholine rings is 1. The normalized spacial score (nSPS) is 27.1. The Kier molecular flexibility index (Phi) is 3.37. The van der Waals surface area contributed by atoms with Gasteiger partial charge in [-0.3, -0.25) is 4.90 Å². The number of ether oxygens (including phenoxy) is 1. The third kappa shape index (κ3) is 3.10. The van der Waals surface area contributed by atoms with Crippen LogP contribution in [0.5, 0.6) is 0 Å². The minimum Gasteiger partial charge on any atom is -0.390 e. The lowest BCUT2D eigenvalue weighted by molar-refractivity contribution is -0.0565. The van der Waals surface area contributed by atoms with Crippen molar-refractivity contribution in [1.82, 2.24) is 4.90 Å². The summed E-state index contributed by atoms with van der Waals surface area (Å²) < 4.78 is 5.76. The Balaban J connectivity index is 1.54. The van der Waals surface area contributed by atoms with Crippen molar-refractivity contribution in [1.29, 1.82) is 0 Å². The van der Waals surface area contributed by atoms with Crippen molar-refractivity contribution < 1.29 is 9.84 Å². The molecule has 3 heteroatoms. The van der Waals surface area contributed by atoms with Crippen LogP contribution in [-0.2, 0) is 11.3 Å². The van der Waals surface area contributed by atoms with E-state index in [-0.39, 0.29) is 6.10 Å². The van der Waals surface area contributed by atoms with E-state index in [1.807, 2.05) is 6.07 Å². The topological polar surface area (TPSA) is 32.7 Å². The van der Waals surface area contributed by atoms with E-state index in [4.69, 9.17) is 4.74 Å². The van der Waals surface area contributed by atoms with Gasteiger partial charge in [0.2, 0.25) is 0 Å². The van der Waals surface area contributed by atoms with Gasteiger partial charge in [-0.15, -0.1) is 0 Å². The summed E-state index contributed by atoms with van der Waals surface area (Å²) in [4.78, 5) is 2.43. The molecule has 0 amide bonds. The minimum absolute atomic E-state index is 0.204. The van der Waals surface area contributed by atoms with Crippen LogP contribution in [0.2, 0.25) is 0 Å². The van der Waals surface area contributed by atoms with Crippen LogP contribution in [0.15, 0.2) is 30.3 Å². The Morgan fingerprint density at radius 2 is 2.06 bits per heavy atom. The molecule has 2 aliphatic rings. The van der Waals surface area contributed by atoms with Crippen molar-refractivity contribution in [3.8, 4) is 0 Å². The molecule has 3 rings (SSSR count). The van der Waals surface area contributed by atoms with Gasteiger partial charge in [-0.1, -0.05) is 30.3 Å². The molecular formula is C15H21NO2. The van der Waals surface area contributed by atoms with E-state index in [0.717, 1.165) is 45.5 Å². The quantitative estimate of drug-likeness (QED) is 0.880. The zero-order chi connectivity index (χ0) is 12.4. The second-order valence-electron chi connectivity index (χ2n) is 5.64. The zero-order valence-electron chi connectivity index (χ0n) is 10.7. The van der Waals surface area contributed by atoms with Gasteiger partial charge in [-0.05, 0) is 18.4 Å². The Morgan fingerprint density at radius 1 is 1.28 bits per heavy atom. The highest BCUT2D eigenvalue weighted by molar-refractivity contribution is 5.14. The average Bonchev–Trinajstić information content (AvgIpc) is 3.08. The summed E-state index contributed by atoms with van der Waals surface area (Å²) in [5.41, 5.74) is 0.948. The van der Waals surface area contributed by atoms with Gasteiger partial charge >= 0.3 is 0 Å². The molecule has 0 spiro atoms. The van der Waals surface area contributed by atoms with Gasteiger partial charge in [0, 0.05) is 26.1 Å². The second kappa shape index (κ2) is 5.00. The van der Waals surface area contributed by atoms with Gasteiger partial charge in [-0.2, -0.15) is 0 Å². The summed E-state index contributed by atoms with van der Waals surface area (Å²) in [6, 6.07) is 10.5. The van der Waals surface area contributed by atoms with Crippen molar-refractivity contribution in [2.45, 2.75) is 37.5 Å². The fraction of sp³-hybridized carbons (Fsp3) is 0.600. The Bertz CT molecular complexity index is 389. The Hall–Kier alpha value is -0.900. The molecule has 1 aliphatic heterocycles. The molecule has 18 heavy (non-hydrogen) atoms. The minimum atomic E-state index is -0.402. The first-order valence-electron chi connectivity index (χ1n) is 6.84. The van der Waals surface area contributed by atoms with Crippen LogP contribution >= 0.6 is 0 Å². The van der Waals surface area contributed by atoms with E-state index >= 15 is 0 Å². The van der Waals surface area contributed by atoms with Crippen LogP contribution in [0.1, 0.15) is 24.8 Å². The molecule has 3 nitrogen and oxygen atoms in total. The van der Waals surface area contributed by atoms with Gasteiger partial charge in [0.25, 0.3) is 0 Å². The first kappa shape index (κ1) is 12.2. The molecule has 0 bridgehead atoms. The fourth-order valence-corrected chi connectivity index (χ4v) is 2.66. The highest BCUT2D eigenvalue weighted by Gasteiger charge is 2.43. The molecule has 98 valence electrons. The number of hydrogen-bond donors (Lipinski definition) is 1. The highest BCUT2D eigenvalue weighted by atomic mass is 16.5. The second-order valence-corrected chi connectivity index (χ2v) is 5.64. The summed E-state index contributed by atoms with van der Waals surface area (Å²) in [6.07, 6.45) is 2.91. The highest BCUT2D eigenvalue weighted by Crippen LogP contribution is 2.40. The molecule has 1 heterocycles. The summed E-state index contributed by atoms with van der Waals surface area (Å²) >= 11 is 0. The van der Waals surface area contributed by atoms with E-state index < -0.39 is 5.60 Å². The maximum atomic E-state index is 9.96. The molecule has 1 N–H and O–H groups in total. The summed E-state index contributed by atoms with van der Waals surface area (Å²) in [5.74, 6) is 0. The van der Waals surface area contributed by atoms with Crippen LogP contribution in [0.25, 0.3) is 0 Å². The number of hydrogen-bond acceptors (Lipinski definition) is 3. The van der Waals surface area contributed by atoms with Crippen molar-refractivity contribution in [2.24, 2.45) is 0 Å². The summed E-state index contributed by atoms with van der Waals surface area (Å²) in [7, 11) is 0. The van der Waals surface area contributed by atoms with Gasteiger partial charge in [0.05, 0.1) is 18.3 Å². The van der Waals surface area contributed by atoms with Gasteiger partial charge in [0.1, 0.15) is 0 Å². The van der Waals surface area contributed by atoms with E-state index in [0.29, 0.717) is 0 Å². The lowest BCUT2D eigenvalue weighted by Crippen LogP contribution is -2.43. The molecule has 1 saturated carbocycles. The molecule has 2 fully saturated rings. The fourth-order valence-electron chi connectivity index (χ4n) is 2.66. The lowest BCUT2D eigenvalue weighted by Gasteiger charge is -2.34. The first-order chi connectivity index (χ1) is 8.73. The smallest absolute Gasteiger partial charge is 0.0730 e. The number of nitrogens with zero attached hydrogens (tertiary/aromatic N) is 1. The predicted octanol–water partition coefficient (Wildman–Crippen LogP) is 1.80. The van der Waals surface area contributed by atoms with E-state index in [2.05, 4.69) is 29.2 Å². The molecular weight excluding hydrogens is 226 g/mol. The van der Waals surface area contributed by atoms with E-state index in [1.165, 1.54) is 5.56 Å². The maximum Gasteiger partial charge on any atom is 0.0730 e. The SMILES string of the molecule is OC1(CC2CN(Cc3ccccc3)CCO2)CC1. The molecule has 1 saturated heterocycles.